The molecule has 2 bridgehead atoms. The summed E-state index contributed by atoms with van der Waals surface area (Å²) in [5.74, 6) is -1.05. The van der Waals surface area contributed by atoms with Crippen molar-refractivity contribution in [3.63, 3.8) is 0 Å². The fraction of sp³-hybridized carbons (Fsp3) is 0.282. The minimum atomic E-state index is -1.16. The molecule has 4 aliphatic rings. The predicted molar refractivity (Wildman–Crippen MR) is 172 cm³/mol. The predicted octanol–water partition coefficient (Wildman–Crippen LogP) is 7.03. The Morgan fingerprint density at radius 2 is 1.61 bits per heavy atom. The number of methoxy groups -OCH3 is 1. The van der Waals surface area contributed by atoms with Gasteiger partial charge in [-0.25, -0.2) is 0 Å². The number of aliphatic carboxylic acids is 1. The van der Waals surface area contributed by atoms with Crippen LogP contribution in [0.1, 0.15) is 52.1 Å². The van der Waals surface area contributed by atoms with Gasteiger partial charge in [-0.1, -0.05) is 109 Å². The van der Waals surface area contributed by atoms with E-state index in [-0.39, 0.29) is 30.3 Å². The Balaban J connectivity index is 1.47. The van der Waals surface area contributed by atoms with Crippen LogP contribution in [0, 0.1) is 18.3 Å². The monoisotopic (exact) mass is 583 g/mol. The van der Waals surface area contributed by atoms with Crippen molar-refractivity contribution in [2.45, 2.75) is 43.6 Å². The maximum absolute atomic E-state index is 14.7. The van der Waals surface area contributed by atoms with Crippen molar-refractivity contribution in [2.75, 3.05) is 13.7 Å². The number of ether oxygens (including phenoxy) is 1. The lowest BCUT2D eigenvalue weighted by molar-refractivity contribution is -0.158. The van der Waals surface area contributed by atoms with Gasteiger partial charge in [-0.05, 0) is 54.5 Å². The summed E-state index contributed by atoms with van der Waals surface area (Å²) < 4.78 is 5.60. The second kappa shape index (κ2) is 10.5. The second-order valence-corrected chi connectivity index (χ2v) is 12.7. The third kappa shape index (κ3) is 3.91. The molecular formula is C39H37NO4. The Kier molecular flexibility index (Phi) is 6.73. The highest BCUT2D eigenvalue weighted by atomic mass is 16.5. The van der Waals surface area contributed by atoms with E-state index in [1.807, 2.05) is 53.4 Å². The highest BCUT2D eigenvalue weighted by molar-refractivity contribution is 6.19. The van der Waals surface area contributed by atoms with E-state index in [2.05, 4.69) is 68.1 Å². The van der Waals surface area contributed by atoms with Crippen molar-refractivity contribution < 1.29 is 19.4 Å². The average molecular weight is 584 g/mol. The molecule has 4 aromatic rings. The first-order valence-electron chi connectivity index (χ1n) is 15.4. The summed E-state index contributed by atoms with van der Waals surface area (Å²) in [5.41, 5.74) is 4.88. The van der Waals surface area contributed by atoms with Gasteiger partial charge in [0.2, 0.25) is 0 Å². The molecule has 1 saturated heterocycles. The Morgan fingerprint density at radius 1 is 0.932 bits per heavy atom. The average Bonchev–Trinajstić information content (AvgIpc) is 3.42. The standard InChI is InChI=1S/C39H37NO4/c1-25-17-19-28(20-18-25)38-22-21-32(30-14-7-9-15-31(30)38)39(37(42)43)24-40(33(35(38)39)23-27-11-5-4-6-12-27)36(41)26(2)29-13-8-10-16-34(29)44-3/h4-20,32-33,35H,2,21-24H2,1,3H3,(H,42,43). The molecule has 5 atom stereocenters. The van der Waals surface area contributed by atoms with E-state index < -0.39 is 16.8 Å². The van der Waals surface area contributed by atoms with Crippen LogP contribution in [0.15, 0.2) is 110 Å². The number of carboxylic acids is 1. The Hall–Kier alpha value is -4.64. The third-order valence-electron chi connectivity index (χ3n) is 10.8. The van der Waals surface area contributed by atoms with Gasteiger partial charge in [-0.15, -0.1) is 0 Å². The SMILES string of the molecule is C=C(C(=O)N1CC2(C(=O)O)C3CCC(c4ccc(C)cc4)(c4ccccc43)C2C1Cc1ccccc1)c1ccccc1OC. The molecule has 1 amide bonds. The lowest BCUT2D eigenvalue weighted by Crippen LogP contribution is -2.62. The van der Waals surface area contributed by atoms with Gasteiger partial charge in [0.15, 0.2) is 0 Å². The van der Waals surface area contributed by atoms with Crippen molar-refractivity contribution in [3.05, 3.63) is 143 Å². The largest absolute Gasteiger partial charge is 0.496 e. The number of nitrogens with zero attached hydrogens (tertiary/aromatic N) is 1. The highest BCUT2D eigenvalue weighted by Crippen LogP contribution is 2.70. The summed E-state index contributed by atoms with van der Waals surface area (Å²) in [4.78, 5) is 30.5. The van der Waals surface area contributed by atoms with Gasteiger partial charge < -0.3 is 14.7 Å². The third-order valence-corrected chi connectivity index (χ3v) is 10.8. The van der Waals surface area contributed by atoms with E-state index >= 15 is 0 Å². The number of aryl methyl sites for hydroxylation is 1. The van der Waals surface area contributed by atoms with Gasteiger partial charge in [0.1, 0.15) is 5.75 Å². The zero-order valence-corrected chi connectivity index (χ0v) is 25.2. The smallest absolute Gasteiger partial charge is 0.312 e. The fourth-order valence-electron chi connectivity index (χ4n) is 9.01. The molecule has 0 spiro atoms. The molecule has 0 radical (unpaired) electrons. The van der Waals surface area contributed by atoms with Crippen LogP contribution in [-0.4, -0.2) is 41.6 Å². The number of carbonyl (C=O) groups excluding carboxylic acids is 1. The van der Waals surface area contributed by atoms with Crippen LogP contribution in [0.3, 0.4) is 0 Å². The number of likely N-dealkylation sites (tertiary alicyclic amines) is 1. The summed E-state index contributed by atoms with van der Waals surface area (Å²) in [6.45, 7) is 6.47. The molecule has 3 aliphatic carbocycles. The lowest BCUT2D eigenvalue weighted by atomic mass is 9.41. The molecule has 5 heteroatoms. The summed E-state index contributed by atoms with van der Waals surface area (Å²) in [6, 6.07) is 34.2. The topological polar surface area (TPSA) is 66.8 Å². The molecule has 2 fully saturated rings. The number of hydrogen-bond acceptors (Lipinski definition) is 3. The van der Waals surface area contributed by atoms with Gasteiger partial charge >= 0.3 is 5.97 Å². The van der Waals surface area contributed by atoms with Gasteiger partial charge in [0.05, 0.1) is 12.5 Å². The van der Waals surface area contributed by atoms with E-state index in [1.165, 1.54) is 5.56 Å². The van der Waals surface area contributed by atoms with Crippen LogP contribution in [0.4, 0.5) is 0 Å². The molecule has 1 aliphatic heterocycles. The first-order valence-corrected chi connectivity index (χ1v) is 15.4. The Bertz CT molecular complexity index is 1760. The number of amides is 1. The van der Waals surface area contributed by atoms with E-state index in [0.717, 1.165) is 35.1 Å². The number of carbonyl (C=O) groups is 2. The minimum Gasteiger partial charge on any atom is -0.496 e. The van der Waals surface area contributed by atoms with Crippen LogP contribution >= 0.6 is 0 Å². The molecular weight excluding hydrogens is 546 g/mol. The summed E-state index contributed by atoms with van der Waals surface area (Å²) in [6.07, 6.45) is 2.13. The molecule has 8 rings (SSSR count). The number of hydrogen-bond donors (Lipinski definition) is 1. The molecule has 5 unspecified atom stereocenters. The van der Waals surface area contributed by atoms with Gasteiger partial charge in [-0.3, -0.25) is 9.59 Å². The first-order chi connectivity index (χ1) is 21.3. The van der Waals surface area contributed by atoms with Crippen molar-refractivity contribution in [2.24, 2.45) is 11.3 Å². The van der Waals surface area contributed by atoms with Crippen LogP contribution in [0.2, 0.25) is 0 Å². The summed E-state index contributed by atoms with van der Waals surface area (Å²) >= 11 is 0. The van der Waals surface area contributed by atoms with Crippen LogP contribution in [-0.2, 0) is 21.4 Å². The summed E-state index contributed by atoms with van der Waals surface area (Å²) in [7, 11) is 1.58. The van der Waals surface area contributed by atoms with Crippen LogP contribution < -0.4 is 4.74 Å². The van der Waals surface area contributed by atoms with Crippen LogP contribution in [0.25, 0.3) is 5.57 Å². The van der Waals surface area contributed by atoms with E-state index in [9.17, 15) is 14.7 Å². The zero-order valence-electron chi connectivity index (χ0n) is 25.2. The fourth-order valence-corrected chi connectivity index (χ4v) is 9.01. The van der Waals surface area contributed by atoms with Crippen molar-refractivity contribution >= 4 is 17.4 Å². The minimum absolute atomic E-state index is 0.129. The quantitative estimate of drug-likeness (QED) is 0.237. The molecule has 44 heavy (non-hydrogen) atoms. The second-order valence-electron chi connectivity index (χ2n) is 12.7. The number of carboxylic acid groups (broad SMARTS) is 1. The maximum atomic E-state index is 14.7. The molecule has 1 N–H and O–H groups in total. The molecule has 1 saturated carbocycles. The molecule has 5 nitrogen and oxygen atoms in total. The zero-order chi connectivity index (χ0) is 30.6. The van der Waals surface area contributed by atoms with E-state index in [1.54, 1.807) is 7.11 Å². The van der Waals surface area contributed by atoms with E-state index in [0.29, 0.717) is 23.3 Å². The number of benzene rings is 4. The maximum Gasteiger partial charge on any atom is 0.312 e. The molecule has 0 aromatic heterocycles. The van der Waals surface area contributed by atoms with Gasteiger partial charge in [0, 0.05) is 41.0 Å². The van der Waals surface area contributed by atoms with Crippen molar-refractivity contribution in [1.29, 1.82) is 0 Å². The van der Waals surface area contributed by atoms with Gasteiger partial charge in [0.25, 0.3) is 5.91 Å². The lowest BCUT2D eigenvalue weighted by Gasteiger charge is -2.60. The molecule has 222 valence electrons. The highest BCUT2D eigenvalue weighted by Gasteiger charge is 2.73. The molecule has 4 aromatic carbocycles. The first kappa shape index (κ1) is 28.1. The van der Waals surface area contributed by atoms with Crippen LogP contribution in [0.5, 0.6) is 5.75 Å². The Labute approximate surface area is 258 Å². The Morgan fingerprint density at radius 3 is 2.34 bits per heavy atom. The summed E-state index contributed by atoms with van der Waals surface area (Å²) in [5, 5.41) is 11.4. The van der Waals surface area contributed by atoms with Crippen molar-refractivity contribution in [3.8, 4) is 5.75 Å². The number of rotatable bonds is 7. The van der Waals surface area contributed by atoms with Gasteiger partial charge in [-0.2, -0.15) is 0 Å². The molecule has 1 heterocycles. The number of para-hydroxylation sites is 1. The number of fused-ring (bicyclic) bond motifs is 1. The van der Waals surface area contributed by atoms with Crippen molar-refractivity contribution in [1.82, 2.24) is 4.90 Å². The normalized spacial score (nSPS) is 26.5. The van der Waals surface area contributed by atoms with E-state index in [4.69, 9.17) is 4.74 Å².